The molecule has 3 nitrogen and oxygen atoms in total. The SMILES string of the molecule is Cc1cc(N2CCc3ccccc32)nc(C)n1. The first kappa shape index (κ1) is 10.3. The zero-order valence-electron chi connectivity index (χ0n) is 10.1. The lowest BCUT2D eigenvalue weighted by atomic mass is 10.2. The molecule has 0 radical (unpaired) electrons. The topological polar surface area (TPSA) is 29.0 Å². The minimum atomic E-state index is 0.837. The van der Waals surface area contributed by atoms with Gasteiger partial charge in [-0.2, -0.15) is 0 Å². The van der Waals surface area contributed by atoms with Crippen LogP contribution in [-0.4, -0.2) is 16.5 Å². The molecule has 0 fully saturated rings. The smallest absolute Gasteiger partial charge is 0.136 e. The predicted octanol–water partition coefficient (Wildman–Crippen LogP) is 2.79. The maximum Gasteiger partial charge on any atom is 0.136 e. The number of benzene rings is 1. The van der Waals surface area contributed by atoms with Crippen LogP contribution in [0.1, 0.15) is 17.1 Å². The van der Waals surface area contributed by atoms with E-state index in [0.717, 1.165) is 30.3 Å². The summed E-state index contributed by atoms with van der Waals surface area (Å²) in [7, 11) is 0. The van der Waals surface area contributed by atoms with Gasteiger partial charge in [-0.3, -0.25) is 0 Å². The van der Waals surface area contributed by atoms with Gasteiger partial charge in [0.15, 0.2) is 0 Å². The zero-order chi connectivity index (χ0) is 11.8. The highest BCUT2D eigenvalue weighted by Crippen LogP contribution is 2.33. The van der Waals surface area contributed by atoms with E-state index >= 15 is 0 Å². The Balaban J connectivity index is 2.06. The van der Waals surface area contributed by atoms with Gasteiger partial charge in [0.2, 0.25) is 0 Å². The van der Waals surface area contributed by atoms with Gasteiger partial charge in [0, 0.05) is 24.0 Å². The molecule has 1 aliphatic rings. The summed E-state index contributed by atoms with van der Waals surface area (Å²) < 4.78 is 0. The molecule has 0 saturated heterocycles. The van der Waals surface area contributed by atoms with Crippen LogP contribution in [0.2, 0.25) is 0 Å². The van der Waals surface area contributed by atoms with Crippen molar-refractivity contribution in [2.45, 2.75) is 20.3 Å². The summed E-state index contributed by atoms with van der Waals surface area (Å²) in [6.07, 6.45) is 1.10. The number of para-hydroxylation sites is 1. The number of fused-ring (bicyclic) bond motifs is 1. The Kier molecular flexibility index (Phi) is 2.32. The Hall–Kier alpha value is -1.90. The zero-order valence-corrected chi connectivity index (χ0v) is 10.1. The molecule has 1 aliphatic heterocycles. The highest BCUT2D eigenvalue weighted by Gasteiger charge is 2.20. The molecule has 0 aliphatic carbocycles. The summed E-state index contributed by atoms with van der Waals surface area (Å²) in [5.74, 6) is 1.85. The van der Waals surface area contributed by atoms with Gasteiger partial charge in [-0.1, -0.05) is 18.2 Å². The van der Waals surface area contributed by atoms with Crippen LogP contribution in [0.15, 0.2) is 30.3 Å². The number of aromatic nitrogens is 2. The predicted molar refractivity (Wildman–Crippen MR) is 68.7 cm³/mol. The summed E-state index contributed by atoms with van der Waals surface area (Å²) in [4.78, 5) is 11.1. The van der Waals surface area contributed by atoms with Crippen molar-refractivity contribution >= 4 is 11.5 Å². The Morgan fingerprint density at radius 1 is 1.12 bits per heavy atom. The molecule has 0 amide bonds. The molecule has 0 spiro atoms. The van der Waals surface area contributed by atoms with Gasteiger partial charge >= 0.3 is 0 Å². The highest BCUT2D eigenvalue weighted by molar-refractivity contribution is 5.67. The van der Waals surface area contributed by atoms with E-state index in [-0.39, 0.29) is 0 Å². The molecule has 0 N–H and O–H groups in total. The summed E-state index contributed by atoms with van der Waals surface area (Å²) >= 11 is 0. The van der Waals surface area contributed by atoms with Gasteiger partial charge in [0.1, 0.15) is 11.6 Å². The van der Waals surface area contributed by atoms with Gasteiger partial charge in [0.05, 0.1) is 0 Å². The van der Waals surface area contributed by atoms with Crippen LogP contribution in [-0.2, 0) is 6.42 Å². The molecule has 0 bridgehead atoms. The lowest BCUT2D eigenvalue weighted by molar-refractivity contribution is 0.932. The second-order valence-corrected chi connectivity index (χ2v) is 4.45. The fourth-order valence-electron chi connectivity index (χ4n) is 2.41. The third-order valence-electron chi connectivity index (χ3n) is 3.12. The molecule has 17 heavy (non-hydrogen) atoms. The first-order chi connectivity index (χ1) is 8.24. The van der Waals surface area contributed by atoms with Crippen LogP contribution >= 0.6 is 0 Å². The van der Waals surface area contributed by atoms with E-state index in [2.05, 4.69) is 45.2 Å². The molecule has 1 aromatic carbocycles. The van der Waals surface area contributed by atoms with Gasteiger partial charge in [0.25, 0.3) is 0 Å². The first-order valence-corrected chi connectivity index (χ1v) is 5.92. The Bertz CT molecular complexity index is 543. The lowest BCUT2D eigenvalue weighted by Crippen LogP contribution is -2.15. The van der Waals surface area contributed by atoms with Crippen molar-refractivity contribution in [2.75, 3.05) is 11.4 Å². The number of hydrogen-bond donors (Lipinski definition) is 0. The molecule has 2 heterocycles. The number of hydrogen-bond acceptors (Lipinski definition) is 3. The molecule has 3 heteroatoms. The largest absolute Gasteiger partial charge is 0.326 e. The number of rotatable bonds is 1. The maximum atomic E-state index is 4.53. The second-order valence-electron chi connectivity index (χ2n) is 4.45. The van der Waals surface area contributed by atoms with Crippen molar-refractivity contribution in [1.29, 1.82) is 0 Å². The van der Waals surface area contributed by atoms with E-state index in [0.29, 0.717) is 0 Å². The molecule has 2 aromatic rings. The van der Waals surface area contributed by atoms with E-state index in [9.17, 15) is 0 Å². The summed E-state index contributed by atoms with van der Waals surface area (Å²) in [5.41, 5.74) is 3.71. The summed E-state index contributed by atoms with van der Waals surface area (Å²) in [5, 5.41) is 0. The molecule has 86 valence electrons. The Morgan fingerprint density at radius 3 is 2.76 bits per heavy atom. The van der Waals surface area contributed by atoms with Crippen LogP contribution in [0, 0.1) is 13.8 Å². The van der Waals surface area contributed by atoms with E-state index in [1.54, 1.807) is 0 Å². The highest BCUT2D eigenvalue weighted by atomic mass is 15.2. The van der Waals surface area contributed by atoms with Gasteiger partial charge < -0.3 is 4.90 Å². The number of aryl methyl sites for hydroxylation is 2. The molecular formula is C14H15N3. The van der Waals surface area contributed by atoms with E-state index < -0.39 is 0 Å². The third kappa shape index (κ3) is 1.78. The first-order valence-electron chi connectivity index (χ1n) is 5.92. The fourth-order valence-corrected chi connectivity index (χ4v) is 2.41. The average molecular weight is 225 g/mol. The maximum absolute atomic E-state index is 4.53. The summed E-state index contributed by atoms with van der Waals surface area (Å²) in [6, 6.07) is 10.6. The normalized spacial score (nSPS) is 13.9. The van der Waals surface area contributed by atoms with Crippen molar-refractivity contribution < 1.29 is 0 Å². The fraction of sp³-hybridized carbons (Fsp3) is 0.286. The van der Waals surface area contributed by atoms with Crippen LogP contribution in [0.5, 0.6) is 0 Å². The van der Waals surface area contributed by atoms with E-state index in [1.807, 2.05) is 13.8 Å². The van der Waals surface area contributed by atoms with Gasteiger partial charge in [-0.05, 0) is 31.9 Å². The van der Waals surface area contributed by atoms with E-state index in [1.165, 1.54) is 11.3 Å². The molecule has 0 saturated carbocycles. The summed E-state index contributed by atoms with van der Waals surface area (Å²) in [6.45, 7) is 4.97. The van der Waals surface area contributed by atoms with Crippen molar-refractivity contribution in [3.63, 3.8) is 0 Å². The van der Waals surface area contributed by atoms with Crippen LogP contribution in [0.25, 0.3) is 0 Å². The van der Waals surface area contributed by atoms with Crippen LogP contribution < -0.4 is 4.90 Å². The van der Waals surface area contributed by atoms with Crippen LogP contribution in [0.3, 0.4) is 0 Å². The average Bonchev–Trinajstić information content (AvgIpc) is 2.71. The van der Waals surface area contributed by atoms with Crippen molar-refractivity contribution in [3.8, 4) is 0 Å². The Morgan fingerprint density at radius 2 is 1.94 bits per heavy atom. The minimum Gasteiger partial charge on any atom is -0.326 e. The number of nitrogens with zero attached hydrogens (tertiary/aromatic N) is 3. The van der Waals surface area contributed by atoms with Crippen molar-refractivity contribution in [1.82, 2.24) is 9.97 Å². The molecule has 1 aromatic heterocycles. The number of anilines is 2. The monoisotopic (exact) mass is 225 g/mol. The van der Waals surface area contributed by atoms with Gasteiger partial charge in [-0.15, -0.1) is 0 Å². The van der Waals surface area contributed by atoms with Crippen molar-refractivity contribution in [3.05, 3.63) is 47.4 Å². The van der Waals surface area contributed by atoms with Gasteiger partial charge in [-0.25, -0.2) is 9.97 Å². The van der Waals surface area contributed by atoms with Crippen molar-refractivity contribution in [2.24, 2.45) is 0 Å². The molecule has 0 atom stereocenters. The molecular weight excluding hydrogens is 210 g/mol. The third-order valence-corrected chi connectivity index (χ3v) is 3.12. The molecule has 3 rings (SSSR count). The minimum absolute atomic E-state index is 0.837. The van der Waals surface area contributed by atoms with Crippen LogP contribution in [0.4, 0.5) is 11.5 Å². The Labute approximate surface area is 101 Å². The quantitative estimate of drug-likeness (QED) is 0.747. The lowest BCUT2D eigenvalue weighted by Gasteiger charge is -2.18. The molecule has 0 unspecified atom stereocenters. The van der Waals surface area contributed by atoms with E-state index in [4.69, 9.17) is 0 Å². The standard InChI is InChI=1S/C14H15N3/c1-10-9-14(16-11(2)15-10)17-8-7-12-5-3-4-6-13(12)17/h3-6,9H,7-8H2,1-2H3. The second kappa shape index (κ2) is 3.84.